The number of rotatable bonds is 6. The standard InChI is InChI=1S/C30H37F3O2/c1-3-5-18-7-9-19(10-8-18)25-14-12-22(17-34-25)24-13-11-21-16-23-15-20(6-4-2)26(31)28(33)30(23)35-29(21)27(24)32/h11,13,15,18-19,22,25H,3-10,12,14,16-17H2,1-2H3. The van der Waals surface area contributed by atoms with E-state index in [-0.39, 0.29) is 23.5 Å². The van der Waals surface area contributed by atoms with Crippen LogP contribution in [0.1, 0.15) is 99.8 Å². The molecule has 5 rings (SSSR count). The highest BCUT2D eigenvalue weighted by Crippen LogP contribution is 2.45. The maximum absolute atomic E-state index is 15.6. The zero-order valence-electron chi connectivity index (χ0n) is 21.0. The van der Waals surface area contributed by atoms with Crippen LogP contribution in [0.25, 0.3) is 0 Å². The van der Waals surface area contributed by atoms with Gasteiger partial charge in [0.25, 0.3) is 0 Å². The first-order chi connectivity index (χ1) is 17.0. The Hall–Kier alpha value is -2.01. The lowest BCUT2D eigenvalue weighted by atomic mass is 9.75. The molecule has 3 aliphatic rings. The van der Waals surface area contributed by atoms with Crippen molar-refractivity contribution < 1.29 is 22.6 Å². The summed E-state index contributed by atoms with van der Waals surface area (Å²) in [6.07, 6.45) is 11.3. The van der Waals surface area contributed by atoms with Crippen molar-refractivity contribution in [1.82, 2.24) is 0 Å². The van der Waals surface area contributed by atoms with E-state index in [9.17, 15) is 8.78 Å². The van der Waals surface area contributed by atoms with Crippen molar-refractivity contribution in [2.75, 3.05) is 6.61 Å². The maximum Gasteiger partial charge on any atom is 0.201 e. The molecule has 0 amide bonds. The normalized spacial score (nSPS) is 26.1. The van der Waals surface area contributed by atoms with Crippen LogP contribution in [0.15, 0.2) is 18.2 Å². The number of aryl methyl sites for hydroxylation is 1. The van der Waals surface area contributed by atoms with Crippen molar-refractivity contribution in [3.63, 3.8) is 0 Å². The fourth-order valence-electron chi connectivity index (χ4n) is 6.54. The molecule has 2 aromatic rings. The Bertz CT molecular complexity index is 1050. The third kappa shape index (κ3) is 4.85. The zero-order chi connectivity index (χ0) is 24.5. The summed E-state index contributed by atoms with van der Waals surface area (Å²) in [6.45, 7) is 4.68. The quantitative estimate of drug-likeness (QED) is 0.347. The van der Waals surface area contributed by atoms with Crippen molar-refractivity contribution in [2.24, 2.45) is 11.8 Å². The van der Waals surface area contributed by atoms with E-state index in [1.54, 1.807) is 6.07 Å². The summed E-state index contributed by atoms with van der Waals surface area (Å²) in [5.41, 5.74) is 2.15. The van der Waals surface area contributed by atoms with E-state index in [0.29, 0.717) is 47.6 Å². The first-order valence-electron chi connectivity index (χ1n) is 13.6. The number of ether oxygens (including phenoxy) is 2. The maximum atomic E-state index is 15.6. The minimum Gasteiger partial charge on any atom is -0.450 e. The van der Waals surface area contributed by atoms with Crippen LogP contribution in [0.2, 0.25) is 0 Å². The summed E-state index contributed by atoms with van der Waals surface area (Å²) in [6, 6.07) is 5.37. The van der Waals surface area contributed by atoms with E-state index >= 15 is 4.39 Å². The molecule has 190 valence electrons. The van der Waals surface area contributed by atoms with E-state index in [2.05, 4.69) is 6.92 Å². The Morgan fingerprint density at radius 1 is 0.829 bits per heavy atom. The van der Waals surface area contributed by atoms with E-state index < -0.39 is 17.5 Å². The Balaban J connectivity index is 1.28. The van der Waals surface area contributed by atoms with E-state index in [4.69, 9.17) is 9.47 Å². The topological polar surface area (TPSA) is 18.5 Å². The molecule has 2 aromatic carbocycles. The van der Waals surface area contributed by atoms with Gasteiger partial charge in [-0.05, 0) is 61.1 Å². The van der Waals surface area contributed by atoms with Crippen LogP contribution in [-0.2, 0) is 17.6 Å². The fourth-order valence-corrected chi connectivity index (χ4v) is 6.54. The molecule has 0 aromatic heterocycles. The number of halogens is 3. The van der Waals surface area contributed by atoms with Gasteiger partial charge in [-0.3, -0.25) is 0 Å². The molecular weight excluding hydrogens is 449 g/mol. The number of fused-ring (bicyclic) bond motifs is 2. The molecule has 0 radical (unpaired) electrons. The summed E-state index contributed by atoms with van der Waals surface area (Å²) in [5.74, 6) is -1.06. The average Bonchev–Trinajstić information content (AvgIpc) is 2.88. The molecule has 2 unspecified atom stereocenters. The summed E-state index contributed by atoms with van der Waals surface area (Å²) in [5, 5.41) is 0. The first kappa shape index (κ1) is 24.7. The minimum absolute atomic E-state index is 0.0351. The highest BCUT2D eigenvalue weighted by Gasteiger charge is 2.34. The highest BCUT2D eigenvalue weighted by molar-refractivity contribution is 5.54. The van der Waals surface area contributed by atoms with Crippen molar-refractivity contribution >= 4 is 0 Å². The summed E-state index contributed by atoms with van der Waals surface area (Å²) in [4.78, 5) is 0. The zero-order valence-corrected chi connectivity index (χ0v) is 21.0. The Kier molecular flexibility index (Phi) is 7.43. The smallest absolute Gasteiger partial charge is 0.201 e. The molecule has 2 heterocycles. The van der Waals surface area contributed by atoms with Gasteiger partial charge in [-0.1, -0.05) is 58.1 Å². The predicted molar refractivity (Wildman–Crippen MR) is 132 cm³/mol. The Morgan fingerprint density at radius 3 is 2.29 bits per heavy atom. The van der Waals surface area contributed by atoms with Crippen LogP contribution in [0.4, 0.5) is 13.2 Å². The lowest BCUT2D eigenvalue weighted by Gasteiger charge is -2.38. The van der Waals surface area contributed by atoms with Gasteiger partial charge in [0.1, 0.15) is 0 Å². The van der Waals surface area contributed by atoms with Crippen molar-refractivity contribution in [1.29, 1.82) is 0 Å². The second-order valence-electron chi connectivity index (χ2n) is 10.9. The Labute approximate surface area is 207 Å². The second kappa shape index (κ2) is 10.5. The van der Waals surface area contributed by atoms with Gasteiger partial charge >= 0.3 is 0 Å². The third-order valence-corrected chi connectivity index (χ3v) is 8.49. The van der Waals surface area contributed by atoms with E-state index in [1.165, 1.54) is 38.5 Å². The van der Waals surface area contributed by atoms with Crippen molar-refractivity contribution in [2.45, 2.75) is 96.5 Å². The minimum atomic E-state index is -1.01. The highest BCUT2D eigenvalue weighted by atomic mass is 19.2. The van der Waals surface area contributed by atoms with Gasteiger partial charge in [-0.2, -0.15) is 4.39 Å². The van der Waals surface area contributed by atoms with Gasteiger partial charge in [0, 0.05) is 23.5 Å². The van der Waals surface area contributed by atoms with Crippen LogP contribution in [0.3, 0.4) is 0 Å². The van der Waals surface area contributed by atoms with Crippen LogP contribution in [0, 0.1) is 29.3 Å². The molecule has 1 aliphatic carbocycles. The van der Waals surface area contributed by atoms with Gasteiger partial charge in [0.15, 0.2) is 23.1 Å². The van der Waals surface area contributed by atoms with Gasteiger partial charge in [-0.25, -0.2) is 8.78 Å². The average molecular weight is 487 g/mol. The molecule has 5 heteroatoms. The predicted octanol–water partition coefficient (Wildman–Crippen LogP) is 8.62. The second-order valence-corrected chi connectivity index (χ2v) is 10.9. The molecule has 35 heavy (non-hydrogen) atoms. The van der Waals surface area contributed by atoms with Crippen LogP contribution >= 0.6 is 0 Å². The van der Waals surface area contributed by atoms with Gasteiger partial charge in [0.2, 0.25) is 5.82 Å². The van der Waals surface area contributed by atoms with Gasteiger partial charge < -0.3 is 9.47 Å². The molecule has 2 aliphatic heterocycles. The number of benzene rings is 2. The monoisotopic (exact) mass is 486 g/mol. The van der Waals surface area contributed by atoms with Crippen LogP contribution in [-0.4, -0.2) is 12.7 Å². The summed E-state index contributed by atoms with van der Waals surface area (Å²) >= 11 is 0. The Morgan fingerprint density at radius 2 is 1.60 bits per heavy atom. The molecule has 0 bridgehead atoms. The SMILES string of the molecule is CCCc1cc2c(c(F)c1F)Oc1c(ccc(C3CCC(C4CCC(CCC)CC4)OC3)c1F)C2. The summed E-state index contributed by atoms with van der Waals surface area (Å²) in [7, 11) is 0. The van der Waals surface area contributed by atoms with Gasteiger partial charge in [0.05, 0.1) is 12.7 Å². The molecule has 1 saturated heterocycles. The molecule has 1 saturated carbocycles. The number of hydrogen-bond donors (Lipinski definition) is 0. The van der Waals surface area contributed by atoms with E-state index in [1.807, 2.05) is 19.1 Å². The van der Waals surface area contributed by atoms with Crippen molar-refractivity contribution in [3.05, 3.63) is 57.9 Å². The molecule has 2 nitrogen and oxygen atoms in total. The molecule has 2 fully saturated rings. The lowest BCUT2D eigenvalue weighted by molar-refractivity contribution is -0.0440. The third-order valence-electron chi connectivity index (χ3n) is 8.49. The first-order valence-corrected chi connectivity index (χ1v) is 13.6. The van der Waals surface area contributed by atoms with E-state index in [0.717, 1.165) is 25.2 Å². The largest absolute Gasteiger partial charge is 0.450 e. The lowest BCUT2D eigenvalue weighted by Crippen LogP contribution is -2.33. The molecular formula is C30H37F3O2. The van der Waals surface area contributed by atoms with Crippen LogP contribution in [0.5, 0.6) is 11.5 Å². The molecule has 2 atom stereocenters. The number of hydrogen-bond acceptors (Lipinski definition) is 2. The van der Waals surface area contributed by atoms with Crippen LogP contribution < -0.4 is 4.74 Å². The molecule has 0 spiro atoms. The fraction of sp³-hybridized carbons (Fsp3) is 0.600. The summed E-state index contributed by atoms with van der Waals surface area (Å²) < 4.78 is 56.9. The van der Waals surface area contributed by atoms with Gasteiger partial charge in [-0.15, -0.1) is 0 Å². The van der Waals surface area contributed by atoms with Crippen molar-refractivity contribution in [3.8, 4) is 11.5 Å². The molecule has 0 N–H and O–H groups in total.